The fourth-order valence-electron chi connectivity index (χ4n) is 2.63. The van der Waals surface area contributed by atoms with Crippen LogP contribution in [-0.2, 0) is 9.53 Å². The molecule has 0 aliphatic heterocycles. The number of hydrogen-bond donors (Lipinski definition) is 0. The van der Waals surface area contributed by atoms with Gasteiger partial charge in [-0.25, -0.2) is 0 Å². The van der Waals surface area contributed by atoms with Crippen molar-refractivity contribution in [1.29, 1.82) is 5.26 Å². The zero-order valence-electron chi connectivity index (χ0n) is 11.5. The average molecular weight is 336 g/mol. The SMILES string of the molecule is CCOC1CC(CC(=O)C(C#N)c2cccc(Br)c2)C1. The van der Waals surface area contributed by atoms with Crippen LogP contribution in [0.1, 0.15) is 37.7 Å². The average Bonchev–Trinajstić information content (AvgIpc) is 2.37. The maximum absolute atomic E-state index is 12.3. The van der Waals surface area contributed by atoms with E-state index in [9.17, 15) is 10.1 Å². The number of ether oxygens (including phenoxy) is 1. The number of carbonyl (C=O) groups is 1. The number of nitriles is 1. The van der Waals surface area contributed by atoms with Crippen molar-refractivity contribution in [2.45, 2.75) is 38.2 Å². The number of benzene rings is 1. The van der Waals surface area contributed by atoms with Crippen molar-refractivity contribution in [2.75, 3.05) is 6.61 Å². The second-order valence-electron chi connectivity index (χ2n) is 5.20. The normalized spacial score (nSPS) is 22.6. The highest BCUT2D eigenvalue weighted by atomic mass is 79.9. The molecule has 0 radical (unpaired) electrons. The molecule has 3 nitrogen and oxygen atoms in total. The molecule has 1 fully saturated rings. The molecule has 0 bridgehead atoms. The topological polar surface area (TPSA) is 50.1 Å². The van der Waals surface area contributed by atoms with Gasteiger partial charge in [-0.3, -0.25) is 4.79 Å². The summed E-state index contributed by atoms with van der Waals surface area (Å²) in [6.07, 6.45) is 2.67. The fraction of sp³-hybridized carbons (Fsp3) is 0.500. The molecule has 0 saturated heterocycles. The van der Waals surface area contributed by atoms with Gasteiger partial charge in [0.1, 0.15) is 5.92 Å². The second kappa shape index (κ2) is 7.01. The van der Waals surface area contributed by atoms with Gasteiger partial charge < -0.3 is 4.74 Å². The summed E-state index contributed by atoms with van der Waals surface area (Å²) < 4.78 is 6.39. The molecule has 20 heavy (non-hydrogen) atoms. The van der Waals surface area contributed by atoms with Crippen LogP contribution >= 0.6 is 15.9 Å². The minimum atomic E-state index is -0.654. The molecule has 0 N–H and O–H groups in total. The van der Waals surface area contributed by atoms with Crippen molar-refractivity contribution >= 4 is 21.7 Å². The van der Waals surface area contributed by atoms with Gasteiger partial charge in [-0.1, -0.05) is 28.1 Å². The Morgan fingerprint density at radius 1 is 1.55 bits per heavy atom. The Hall–Kier alpha value is -1.18. The van der Waals surface area contributed by atoms with E-state index in [1.165, 1.54) is 0 Å². The molecule has 0 heterocycles. The fourth-order valence-corrected chi connectivity index (χ4v) is 3.05. The molecule has 106 valence electrons. The minimum Gasteiger partial charge on any atom is -0.378 e. The first-order valence-electron chi connectivity index (χ1n) is 6.93. The molecular formula is C16H18BrNO2. The zero-order chi connectivity index (χ0) is 14.5. The number of hydrogen-bond acceptors (Lipinski definition) is 3. The molecular weight excluding hydrogens is 318 g/mol. The molecule has 1 saturated carbocycles. The lowest BCUT2D eigenvalue weighted by Crippen LogP contribution is -2.33. The number of ketones is 1. The van der Waals surface area contributed by atoms with Crippen LogP contribution in [0.3, 0.4) is 0 Å². The van der Waals surface area contributed by atoms with Crippen LogP contribution in [0, 0.1) is 17.2 Å². The van der Waals surface area contributed by atoms with E-state index in [0.29, 0.717) is 18.4 Å². The van der Waals surface area contributed by atoms with E-state index >= 15 is 0 Å². The van der Waals surface area contributed by atoms with Gasteiger partial charge in [0.05, 0.1) is 12.2 Å². The Morgan fingerprint density at radius 3 is 2.90 bits per heavy atom. The van der Waals surface area contributed by atoms with Crippen molar-refractivity contribution in [1.82, 2.24) is 0 Å². The Balaban J connectivity index is 1.93. The molecule has 0 aromatic heterocycles. The van der Waals surface area contributed by atoms with Crippen molar-refractivity contribution in [2.24, 2.45) is 5.92 Å². The lowest BCUT2D eigenvalue weighted by atomic mass is 9.77. The first kappa shape index (κ1) is 15.2. The maximum atomic E-state index is 12.3. The van der Waals surface area contributed by atoms with E-state index in [1.807, 2.05) is 31.2 Å². The predicted octanol–water partition coefficient (Wildman–Crippen LogP) is 3.83. The van der Waals surface area contributed by atoms with Crippen molar-refractivity contribution in [3.63, 3.8) is 0 Å². The summed E-state index contributed by atoms with van der Waals surface area (Å²) in [5.74, 6) is -0.258. The van der Waals surface area contributed by atoms with Crippen molar-refractivity contribution in [3.05, 3.63) is 34.3 Å². The highest BCUT2D eigenvalue weighted by Crippen LogP contribution is 2.34. The van der Waals surface area contributed by atoms with E-state index in [1.54, 1.807) is 0 Å². The molecule has 2 rings (SSSR count). The number of rotatable bonds is 6. The third-order valence-electron chi connectivity index (χ3n) is 3.72. The molecule has 1 aliphatic rings. The first-order chi connectivity index (χ1) is 9.63. The molecule has 0 amide bonds. The third-order valence-corrected chi connectivity index (χ3v) is 4.21. The van der Waals surface area contributed by atoms with Crippen LogP contribution in [0.15, 0.2) is 28.7 Å². The van der Waals surface area contributed by atoms with E-state index < -0.39 is 5.92 Å². The summed E-state index contributed by atoms with van der Waals surface area (Å²) in [5, 5.41) is 9.27. The summed E-state index contributed by atoms with van der Waals surface area (Å²) in [6, 6.07) is 9.55. The van der Waals surface area contributed by atoms with Gasteiger partial charge in [0.15, 0.2) is 5.78 Å². The predicted molar refractivity (Wildman–Crippen MR) is 80.3 cm³/mol. The van der Waals surface area contributed by atoms with Crippen LogP contribution in [-0.4, -0.2) is 18.5 Å². The smallest absolute Gasteiger partial charge is 0.154 e. The van der Waals surface area contributed by atoms with Crippen LogP contribution in [0.25, 0.3) is 0 Å². The van der Waals surface area contributed by atoms with Crippen LogP contribution in [0.4, 0.5) is 0 Å². The van der Waals surface area contributed by atoms with E-state index in [-0.39, 0.29) is 5.78 Å². The lowest BCUT2D eigenvalue weighted by molar-refractivity contribution is -0.122. The zero-order valence-corrected chi connectivity index (χ0v) is 13.1. The van der Waals surface area contributed by atoms with Gasteiger partial charge in [-0.2, -0.15) is 5.26 Å². The molecule has 4 heteroatoms. The lowest BCUT2D eigenvalue weighted by Gasteiger charge is -2.34. The molecule has 1 aromatic carbocycles. The number of Topliss-reactive ketones (excluding diaryl/α,β-unsaturated/α-hetero) is 1. The van der Waals surface area contributed by atoms with E-state index in [0.717, 1.165) is 29.5 Å². The quantitative estimate of drug-likeness (QED) is 0.793. The largest absolute Gasteiger partial charge is 0.378 e. The van der Waals surface area contributed by atoms with E-state index in [4.69, 9.17) is 4.74 Å². The second-order valence-corrected chi connectivity index (χ2v) is 6.12. The Bertz CT molecular complexity index is 517. The van der Waals surface area contributed by atoms with E-state index in [2.05, 4.69) is 22.0 Å². The Morgan fingerprint density at radius 2 is 2.30 bits per heavy atom. The molecule has 1 aliphatic carbocycles. The maximum Gasteiger partial charge on any atom is 0.154 e. The molecule has 0 spiro atoms. The highest BCUT2D eigenvalue weighted by molar-refractivity contribution is 9.10. The van der Waals surface area contributed by atoms with Crippen LogP contribution < -0.4 is 0 Å². The molecule has 1 atom stereocenters. The van der Waals surface area contributed by atoms with Gasteiger partial charge in [0, 0.05) is 17.5 Å². The summed E-state index contributed by atoms with van der Waals surface area (Å²) in [4.78, 5) is 12.3. The minimum absolute atomic E-state index is 0.0190. The summed E-state index contributed by atoms with van der Waals surface area (Å²) in [7, 11) is 0. The Labute approximate surface area is 128 Å². The highest BCUT2D eigenvalue weighted by Gasteiger charge is 2.33. The molecule has 1 aromatic rings. The standard InChI is InChI=1S/C16H18BrNO2/c1-2-20-14-6-11(7-14)8-16(19)15(10-18)12-4-3-5-13(17)9-12/h3-5,9,11,14-15H,2,6-8H2,1H3. The van der Waals surface area contributed by atoms with Gasteiger partial charge in [0.2, 0.25) is 0 Å². The van der Waals surface area contributed by atoms with Gasteiger partial charge in [0.25, 0.3) is 0 Å². The van der Waals surface area contributed by atoms with Crippen molar-refractivity contribution < 1.29 is 9.53 Å². The Kier molecular flexibility index (Phi) is 5.33. The number of carbonyl (C=O) groups excluding carboxylic acids is 1. The molecule has 1 unspecified atom stereocenters. The van der Waals surface area contributed by atoms with Gasteiger partial charge in [-0.15, -0.1) is 0 Å². The van der Waals surface area contributed by atoms with Gasteiger partial charge >= 0.3 is 0 Å². The first-order valence-corrected chi connectivity index (χ1v) is 7.72. The summed E-state index contributed by atoms with van der Waals surface area (Å²) in [6.45, 7) is 2.71. The summed E-state index contributed by atoms with van der Waals surface area (Å²) in [5.41, 5.74) is 0.771. The third kappa shape index (κ3) is 3.68. The van der Waals surface area contributed by atoms with Crippen molar-refractivity contribution in [3.8, 4) is 6.07 Å². The summed E-state index contributed by atoms with van der Waals surface area (Å²) >= 11 is 3.37. The number of nitrogens with zero attached hydrogens (tertiary/aromatic N) is 1. The monoisotopic (exact) mass is 335 g/mol. The van der Waals surface area contributed by atoms with Crippen LogP contribution in [0.2, 0.25) is 0 Å². The van der Waals surface area contributed by atoms with Crippen LogP contribution in [0.5, 0.6) is 0 Å². The van der Waals surface area contributed by atoms with Gasteiger partial charge in [-0.05, 0) is 43.4 Å². The number of halogens is 1.